The molecule has 2 rings (SSSR count). The molecule has 3 nitrogen and oxygen atoms in total. The second-order valence-electron chi connectivity index (χ2n) is 4.47. The lowest BCUT2D eigenvalue weighted by Crippen LogP contribution is -2.17. The van der Waals surface area contributed by atoms with Gasteiger partial charge in [0.05, 0.1) is 16.8 Å². The Bertz CT molecular complexity index is 511. The molecule has 2 aromatic heterocycles. The van der Waals surface area contributed by atoms with E-state index in [0.717, 1.165) is 0 Å². The second kappa shape index (κ2) is 5.59. The van der Waals surface area contributed by atoms with Crippen LogP contribution in [0, 0.1) is 5.92 Å². The van der Waals surface area contributed by atoms with Gasteiger partial charge in [-0.25, -0.2) is 4.98 Å². The maximum Gasteiger partial charge on any atom is 0.149 e. The summed E-state index contributed by atoms with van der Waals surface area (Å²) in [5.41, 5.74) is 6.49. The van der Waals surface area contributed by atoms with Gasteiger partial charge in [0.25, 0.3) is 0 Å². The summed E-state index contributed by atoms with van der Waals surface area (Å²) in [4.78, 5) is 5.53. The van der Waals surface area contributed by atoms with Crippen LogP contribution in [0.2, 0.25) is 5.02 Å². The smallest absolute Gasteiger partial charge is 0.149 e. The Morgan fingerprint density at radius 1 is 1.44 bits per heavy atom. The van der Waals surface area contributed by atoms with Gasteiger partial charge in [-0.15, -0.1) is 11.3 Å². The minimum Gasteiger partial charge on any atom is -0.396 e. The molecule has 0 fully saturated rings. The first kappa shape index (κ1) is 13.2. The summed E-state index contributed by atoms with van der Waals surface area (Å²) in [5.74, 6) is 1.13. The van der Waals surface area contributed by atoms with E-state index in [1.165, 1.54) is 4.88 Å². The number of halogens is 1. The fraction of sp³-hybridized carbons (Fsp3) is 0.308. The minimum atomic E-state index is 0.209. The number of hydrogen-bond acceptors (Lipinski definition) is 4. The Labute approximate surface area is 116 Å². The molecule has 0 aromatic carbocycles. The van der Waals surface area contributed by atoms with E-state index in [4.69, 9.17) is 17.3 Å². The molecule has 2 aromatic rings. The molecule has 0 aliphatic carbocycles. The van der Waals surface area contributed by atoms with Crippen LogP contribution < -0.4 is 11.1 Å². The first-order valence-electron chi connectivity index (χ1n) is 5.79. The number of nitrogens with zero attached hydrogens (tertiary/aromatic N) is 1. The second-order valence-corrected chi connectivity index (χ2v) is 5.89. The van der Waals surface area contributed by atoms with Crippen molar-refractivity contribution in [2.45, 2.75) is 19.9 Å². The van der Waals surface area contributed by atoms with Crippen molar-refractivity contribution in [2.24, 2.45) is 5.92 Å². The van der Waals surface area contributed by atoms with Gasteiger partial charge in [0.2, 0.25) is 0 Å². The minimum absolute atomic E-state index is 0.209. The summed E-state index contributed by atoms with van der Waals surface area (Å²) in [6, 6.07) is 6.09. The predicted molar refractivity (Wildman–Crippen MR) is 79.2 cm³/mol. The highest BCUT2D eigenvalue weighted by molar-refractivity contribution is 7.10. The average Bonchev–Trinajstić information content (AvgIpc) is 2.80. The van der Waals surface area contributed by atoms with Crippen LogP contribution in [-0.2, 0) is 0 Å². The molecule has 5 heteroatoms. The molecule has 3 N–H and O–H groups in total. The normalized spacial score (nSPS) is 12.7. The predicted octanol–water partition coefficient (Wildman–Crippen LogP) is 4.19. The van der Waals surface area contributed by atoms with Crippen molar-refractivity contribution in [1.29, 1.82) is 0 Å². The fourth-order valence-electron chi connectivity index (χ4n) is 1.76. The molecule has 0 bridgehead atoms. The van der Waals surface area contributed by atoms with E-state index in [-0.39, 0.29) is 6.04 Å². The monoisotopic (exact) mass is 281 g/mol. The van der Waals surface area contributed by atoms with Crippen molar-refractivity contribution in [1.82, 2.24) is 4.98 Å². The summed E-state index contributed by atoms with van der Waals surface area (Å²) in [6.45, 7) is 4.34. The topological polar surface area (TPSA) is 50.9 Å². The third-order valence-electron chi connectivity index (χ3n) is 2.69. The van der Waals surface area contributed by atoms with Crippen LogP contribution in [0.5, 0.6) is 0 Å². The molecule has 18 heavy (non-hydrogen) atoms. The summed E-state index contributed by atoms with van der Waals surface area (Å²) in [5, 5.41) is 6.02. The number of aromatic nitrogens is 1. The fourth-order valence-corrected chi connectivity index (χ4v) is 2.87. The number of nitrogens with one attached hydrogen (secondary N) is 1. The molecular weight excluding hydrogens is 266 g/mol. The van der Waals surface area contributed by atoms with Gasteiger partial charge in [-0.3, -0.25) is 0 Å². The number of nitrogens with two attached hydrogens (primary N) is 1. The molecule has 0 amide bonds. The van der Waals surface area contributed by atoms with E-state index in [9.17, 15) is 0 Å². The molecule has 96 valence electrons. The molecular formula is C13H16ClN3S. The van der Waals surface area contributed by atoms with Crippen LogP contribution in [0.3, 0.4) is 0 Å². The molecule has 1 unspecified atom stereocenters. The van der Waals surface area contributed by atoms with E-state index < -0.39 is 0 Å². The molecule has 1 atom stereocenters. The molecule has 0 radical (unpaired) electrons. The zero-order valence-corrected chi connectivity index (χ0v) is 11.9. The molecule has 0 spiro atoms. The largest absolute Gasteiger partial charge is 0.396 e. The van der Waals surface area contributed by atoms with Crippen LogP contribution >= 0.6 is 22.9 Å². The Kier molecular flexibility index (Phi) is 4.09. The SMILES string of the molecule is CC(C)C(Nc1ncc(Cl)cc1N)c1cccs1. The zero-order valence-electron chi connectivity index (χ0n) is 10.4. The van der Waals surface area contributed by atoms with E-state index in [1.54, 1.807) is 23.6 Å². The van der Waals surface area contributed by atoms with Gasteiger partial charge in [0.15, 0.2) is 0 Å². The van der Waals surface area contributed by atoms with Crippen molar-refractivity contribution < 1.29 is 0 Å². The maximum atomic E-state index is 5.92. The molecule has 0 aliphatic heterocycles. The van der Waals surface area contributed by atoms with Gasteiger partial charge in [-0.2, -0.15) is 0 Å². The van der Waals surface area contributed by atoms with Crippen molar-refractivity contribution in [3.8, 4) is 0 Å². The number of pyridine rings is 1. The lowest BCUT2D eigenvalue weighted by atomic mass is 10.0. The van der Waals surface area contributed by atoms with Crippen molar-refractivity contribution in [3.05, 3.63) is 39.7 Å². The van der Waals surface area contributed by atoms with Crippen LogP contribution in [0.15, 0.2) is 29.8 Å². The summed E-state index contributed by atoms with van der Waals surface area (Å²) >= 11 is 7.58. The Morgan fingerprint density at radius 3 is 2.78 bits per heavy atom. The zero-order chi connectivity index (χ0) is 13.1. The van der Waals surface area contributed by atoms with Gasteiger partial charge in [0, 0.05) is 11.1 Å². The van der Waals surface area contributed by atoms with Crippen LogP contribution in [0.1, 0.15) is 24.8 Å². The average molecular weight is 282 g/mol. The number of thiophene rings is 1. The van der Waals surface area contributed by atoms with E-state index in [2.05, 4.69) is 41.7 Å². The summed E-state index contributed by atoms with van der Waals surface area (Å²) in [7, 11) is 0. The highest BCUT2D eigenvalue weighted by atomic mass is 35.5. The Morgan fingerprint density at radius 2 is 2.22 bits per heavy atom. The van der Waals surface area contributed by atoms with Crippen LogP contribution in [0.4, 0.5) is 11.5 Å². The van der Waals surface area contributed by atoms with E-state index in [1.807, 2.05) is 0 Å². The first-order valence-corrected chi connectivity index (χ1v) is 7.04. The van der Waals surface area contributed by atoms with Crippen molar-refractivity contribution in [3.63, 3.8) is 0 Å². The lowest BCUT2D eigenvalue weighted by Gasteiger charge is -2.22. The van der Waals surface area contributed by atoms with Crippen LogP contribution in [-0.4, -0.2) is 4.98 Å². The maximum absolute atomic E-state index is 5.92. The van der Waals surface area contributed by atoms with Crippen molar-refractivity contribution >= 4 is 34.4 Å². The third-order valence-corrected chi connectivity index (χ3v) is 3.85. The van der Waals surface area contributed by atoms with E-state index >= 15 is 0 Å². The highest BCUT2D eigenvalue weighted by Crippen LogP contribution is 2.31. The van der Waals surface area contributed by atoms with Gasteiger partial charge in [-0.05, 0) is 23.4 Å². The van der Waals surface area contributed by atoms with Gasteiger partial charge < -0.3 is 11.1 Å². The summed E-state index contributed by atoms with van der Waals surface area (Å²) in [6.07, 6.45) is 1.60. The van der Waals surface area contributed by atoms with Crippen molar-refractivity contribution in [2.75, 3.05) is 11.1 Å². The Balaban J connectivity index is 2.24. The van der Waals surface area contributed by atoms with Crippen LogP contribution in [0.25, 0.3) is 0 Å². The number of rotatable bonds is 4. The standard InChI is InChI=1S/C13H16ClN3S/c1-8(2)12(11-4-3-5-18-11)17-13-10(15)6-9(14)7-16-13/h3-8,12H,15H2,1-2H3,(H,16,17). The Hall–Kier alpha value is -1.26. The highest BCUT2D eigenvalue weighted by Gasteiger charge is 2.18. The third kappa shape index (κ3) is 2.94. The first-order chi connectivity index (χ1) is 8.58. The van der Waals surface area contributed by atoms with Gasteiger partial charge >= 0.3 is 0 Å². The molecule has 2 heterocycles. The number of anilines is 2. The quantitative estimate of drug-likeness (QED) is 0.883. The lowest BCUT2D eigenvalue weighted by molar-refractivity contribution is 0.552. The van der Waals surface area contributed by atoms with Gasteiger partial charge in [-0.1, -0.05) is 31.5 Å². The molecule has 0 saturated heterocycles. The van der Waals surface area contributed by atoms with E-state index in [0.29, 0.717) is 22.4 Å². The number of nitrogen functional groups attached to an aromatic ring is 1. The summed E-state index contributed by atoms with van der Waals surface area (Å²) < 4.78 is 0. The molecule has 0 aliphatic rings. The number of hydrogen-bond donors (Lipinski definition) is 2. The molecule has 0 saturated carbocycles. The van der Waals surface area contributed by atoms with Gasteiger partial charge in [0.1, 0.15) is 5.82 Å².